The van der Waals surface area contributed by atoms with Crippen molar-refractivity contribution in [3.63, 3.8) is 0 Å². The Bertz CT molecular complexity index is 205. The van der Waals surface area contributed by atoms with Crippen LogP contribution in [0.1, 0.15) is 40.0 Å². The van der Waals surface area contributed by atoms with Crippen molar-refractivity contribution >= 4 is 5.97 Å². The number of carboxylic acids is 1. The van der Waals surface area contributed by atoms with Crippen LogP contribution in [-0.4, -0.2) is 34.6 Å². The SMILES string of the molecule is CCC(C)(CC)N1CC(CC(=O)O)C1. The van der Waals surface area contributed by atoms with Gasteiger partial charge in [-0.25, -0.2) is 0 Å². The Labute approximate surface area is 86.1 Å². The summed E-state index contributed by atoms with van der Waals surface area (Å²) in [5.74, 6) is -0.283. The lowest BCUT2D eigenvalue weighted by molar-refractivity contribution is -0.140. The third kappa shape index (κ3) is 2.27. The molecular formula is C11H21NO2. The molecule has 1 saturated heterocycles. The molecule has 0 radical (unpaired) electrons. The van der Waals surface area contributed by atoms with Gasteiger partial charge in [-0.1, -0.05) is 13.8 Å². The summed E-state index contributed by atoms with van der Waals surface area (Å²) in [6.45, 7) is 8.60. The fourth-order valence-corrected chi connectivity index (χ4v) is 2.08. The van der Waals surface area contributed by atoms with E-state index in [-0.39, 0.29) is 5.54 Å². The van der Waals surface area contributed by atoms with Crippen molar-refractivity contribution in [2.75, 3.05) is 13.1 Å². The zero-order valence-electron chi connectivity index (χ0n) is 9.42. The summed E-state index contributed by atoms with van der Waals surface area (Å²) in [7, 11) is 0. The summed E-state index contributed by atoms with van der Waals surface area (Å²) in [4.78, 5) is 12.9. The van der Waals surface area contributed by atoms with E-state index in [4.69, 9.17) is 5.11 Å². The van der Waals surface area contributed by atoms with Gasteiger partial charge in [0.2, 0.25) is 0 Å². The van der Waals surface area contributed by atoms with Crippen molar-refractivity contribution in [1.82, 2.24) is 4.90 Å². The average molecular weight is 199 g/mol. The molecule has 1 N–H and O–H groups in total. The number of carboxylic acid groups (broad SMARTS) is 1. The molecule has 0 aromatic rings. The van der Waals surface area contributed by atoms with E-state index in [0.717, 1.165) is 25.9 Å². The van der Waals surface area contributed by atoms with Gasteiger partial charge in [-0.3, -0.25) is 9.69 Å². The first-order valence-electron chi connectivity index (χ1n) is 5.48. The van der Waals surface area contributed by atoms with Gasteiger partial charge in [-0.2, -0.15) is 0 Å². The maximum absolute atomic E-state index is 10.5. The van der Waals surface area contributed by atoms with Crippen LogP contribution in [0.5, 0.6) is 0 Å². The zero-order chi connectivity index (χ0) is 10.8. The molecule has 0 aromatic heterocycles. The van der Waals surface area contributed by atoms with Crippen LogP contribution in [0.15, 0.2) is 0 Å². The lowest BCUT2D eigenvalue weighted by Crippen LogP contribution is -2.58. The predicted octanol–water partition coefficient (Wildman–Crippen LogP) is 1.97. The fourth-order valence-electron chi connectivity index (χ4n) is 2.08. The van der Waals surface area contributed by atoms with Gasteiger partial charge in [0.25, 0.3) is 0 Å². The van der Waals surface area contributed by atoms with E-state index in [1.807, 2.05) is 0 Å². The Hall–Kier alpha value is -0.570. The van der Waals surface area contributed by atoms with Gasteiger partial charge < -0.3 is 5.11 Å². The minimum atomic E-state index is -0.663. The highest BCUT2D eigenvalue weighted by Crippen LogP contribution is 2.32. The van der Waals surface area contributed by atoms with E-state index in [1.165, 1.54) is 0 Å². The van der Waals surface area contributed by atoms with E-state index in [1.54, 1.807) is 0 Å². The molecule has 0 atom stereocenters. The van der Waals surface area contributed by atoms with Crippen molar-refractivity contribution in [3.05, 3.63) is 0 Å². The van der Waals surface area contributed by atoms with Crippen LogP contribution in [0.2, 0.25) is 0 Å². The van der Waals surface area contributed by atoms with E-state index in [9.17, 15) is 4.79 Å². The van der Waals surface area contributed by atoms with Gasteiger partial charge in [-0.15, -0.1) is 0 Å². The fraction of sp³-hybridized carbons (Fsp3) is 0.909. The number of likely N-dealkylation sites (tertiary alicyclic amines) is 1. The molecule has 1 heterocycles. The van der Waals surface area contributed by atoms with Gasteiger partial charge in [-0.05, 0) is 25.7 Å². The monoisotopic (exact) mass is 199 g/mol. The first kappa shape index (κ1) is 11.5. The van der Waals surface area contributed by atoms with E-state index in [2.05, 4.69) is 25.7 Å². The quantitative estimate of drug-likeness (QED) is 0.736. The highest BCUT2D eigenvalue weighted by molar-refractivity contribution is 5.67. The second-order valence-electron chi connectivity index (χ2n) is 4.57. The zero-order valence-corrected chi connectivity index (χ0v) is 9.42. The molecule has 0 spiro atoms. The van der Waals surface area contributed by atoms with Crippen molar-refractivity contribution < 1.29 is 9.90 Å². The number of nitrogens with zero attached hydrogens (tertiary/aromatic N) is 1. The van der Waals surface area contributed by atoms with Gasteiger partial charge in [0.1, 0.15) is 0 Å². The van der Waals surface area contributed by atoms with E-state index < -0.39 is 5.97 Å². The molecule has 1 rings (SSSR count). The largest absolute Gasteiger partial charge is 0.481 e. The third-order valence-corrected chi connectivity index (χ3v) is 3.71. The number of hydrogen-bond donors (Lipinski definition) is 1. The molecular weight excluding hydrogens is 178 g/mol. The average Bonchev–Trinajstić information content (AvgIpc) is 2.09. The van der Waals surface area contributed by atoms with Crippen molar-refractivity contribution in [2.24, 2.45) is 5.92 Å². The van der Waals surface area contributed by atoms with Crippen LogP contribution in [-0.2, 0) is 4.79 Å². The lowest BCUT2D eigenvalue weighted by Gasteiger charge is -2.50. The molecule has 1 fully saturated rings. The number of carbonyl (C=O) groups is 1. The molecule has 0 aromatic carbocycles. The topological polar surface area (TPSA) is 40.5 Å². The Morgan fingerprint density at radius 1 is 1.43 bits per heavy atom. The summed E-state index contributed by atoms with van der Waals surface area (Å²) in [6.07, 6.45) is 2.62. The van der Waals surface area contributed by atoms with Crippen LogP contribution in [0.25, 0.3) is 0 Å². The molecule has 1 aliphatic heterocycles. The third-order valence-electron chi connectivity index (χ3n) is 3.71. The summed E-state index contributed by atoms with van der Waals surface area (Å²) in [5.41, 5.74) is 0.287. The van der Waals surface area contributed by atoms with E-state index in [0.29, 0.717) is 12.3 Å². The molecule has 0 aliphatic carbocycles. The van der Waals surface area contributed by atoms with Crippen molar-refractivity contribution in [2.45, 2.75) is 45.6 Å². The molecule has 3 heteroatoms. The molecule has 0 saturated carbocycles. The van der Waals surface area contributed by atoms with Crippen LogP contribution in [0.3, 0.4) is 0 Å². The predicted molar refractivity (Wildman–Crippen MR) is 56.3 cm³/mol. The summed E-state index contributed by atoms with van der Waals surface area (Å²) >= 11 is 0. The highest BCUT2D eigenvalue weighted by Gasteiger charge is 2.38. The molecule has 0 unspecified atom stereocenters. The smallest absolute Gasteiger partial charge is 0.303 e. The van der Waals surface area contributed by atoms with Gasteiger partial charge in [0, 0.05) is 18.6 Å². The maximum Gasteiger partial charge on any atom is 0.303 e. The summed E-state index contributed by atoms with van der Waals surface area (Å²) in [6, 6.07) is 0. The Kier molecular flexibility index (Phi) is 3.53. The number of hydrogen-bond acceptors (Lipinski definition) is 2. The molecule has 82 valence electrons. The molecule has 1 aliphatic rings. The number of rotatable bonds is 5. The van der Waals surface area contributed by atoms with Crippen LogP contribution in [0, 0.1) is 5.92 Å². The van der Waals surface area contributed by atoms with Crippen LogP contribution < -0.4 is 0 Å². The van der Waals surface area contributed by atoms with Crippen LogP contribution in [0.4, 0.5) is 0 Å². The second-order valence-corrected chi connectivity index (χ2v) is 4.57. The maximum atomic E-state index is 10.5. The first-order chi connectivity index (χ1) is 6.51. The van der Waals surface area contributed by atoms with Gasteiger partial charge in [0.05, 0.1) is 6.42 Å². The highest BCUT2D eigenvalue weighted by atomic mass is 16.4. The van der Waals surface area contributed by atoms with Gasteiger partial charge in [0.15, 0.2) is 0 Å². The molecule has 3 nitrogen and oxygen atoms in total. The van der Waals surface area contributed by atoms with Crippen molar-refractivity contribution in [3.8, 4) is 0 Å². The summed E-state index contributed by atoms with van der Waals surface area (Å²) in [5, 5.41) is 8.63. The van der Waals surface area contributed by atoms with Gasteiger partial charge >= 0.3 is 5.97 Å². The second kappa shape index (κ2) is 4.30. The number of aliphatic carboxylic acids is 1. The standard InChI is InChI=1S/C11H21NO2/c1-4-11(3,5-2)12-7-9(8-12)6-10(13)14/h9H,4-8H2,1-3H3,(H,13,14). The summed E-state index contributed by atoms with van der Waals surface area (Å²) < 4.78 is 0. The minimum absolute atomic E-state index is 0.287. The van der Waals surface area contributed by atoms with Crippen molar-refractivity contribution in [1.29, 1.82) is 0 Å². The molecule has 0 bridgehead atoms. The Balaban J connectivity index is 2.36. The molecule has 14 heavy (non-hydrogen) atoms. The lowest BCUT2D eigenvalue weighted by atomic mass is 9.85. The Morgan fingerprint density at radius 2 is 1.93 bits per heavy atom. The minimum Gasteiger partial charge on any atom is -0.481 e. The van der Waals surface area contributed by atoms with E-state index >= 15 is 0 Å². The Morgan fingerprint density at radius 3 is 2.29 bits per heavy atom. The first-order valence-corrected chi connectivity index (χ1v) is 5.48. The molecule has 0 amide bonds. The van der Waals surface area contributed by atoms with Crippen LogP contribution >= 0.6 is 0 Å². The normalized spacial score (nSPS) is 19.4.